The van der Waals surface area contributed by atoms with E-state index in [1.54, 1.807) is 0 Å². The Bertz CT molecular complexity index is 3230. The van der Waals surface area contributed by atoms with Crippen molar-refractivity contribution in [3.63, 3.8) is 0 Å². The van der Waals surface area contributed by atoms with E-state index in [9.17, 15) is 0 Å². The molecule has 1 aliphatic carbocycles. The Labute approximate surface area is 330 Å². The van der Waals surface area contributed by atoms with Gasteiger partial charge in [-0.2, -0.15) is 0 Å². The van der Waals surface area contributed by atoms with E-state index >= 15 is 0 Å². The minimum Gasteiger partial charge on any atom is -0.292 e. The van der Waals surface area contributed by atoms with Crippen LogP contribution in [0.4, 0.5) is 0 Å². The molecule has 3 heteroatoms. The lowest BCUT2D eigenvalue weighted by Crippen LogP contribution is -2.43. The van der Waals surface area contributed by atoms with Crippen molar-refractivity contribution in [2.24, 2.45) is 0 Å². The van der Waals surface area contributed by atoms with Crippen molar-refractivity contribution in [3.05, 3.63) is 215 Å². The third-order valence-corrected chi connectivity index (χ3v) is 13.9. The highest BCUT2D eigenvalue weighted by atomic mass is 32.2. The van der Waals surface area contributed by atoms with Gasteiger partial charge in [0.05, 0.1) is 22.0 Å². The normalized spacial score (nSPS) is 14.8. The first-order valence-electron chi connectivity index (χ1n) is 19.5. The zero-order chi connectivity index (χ0) is 37.2. The monoisotopic (exact) mass is 732 g/mol. The van der Waals surface area contributed by atoms with Crippen LogP contribution in [0.2, 0.25) is 0 Å². The third kappa shape index (κ3) is 4.16. The molecule has 0 atom stereocenters. The van der Waals surface area contributed by atoms with Gasteiger partial charge in [0.1, 0.15) is 5.65 Å². The summed E-state index contributed by atoms with van der Waals surface area (Å²) in [5.41, 5.74) is 16.8. The van der Waals surface area contributed by atoms with Crippen LogP contribution in [0.1, 0.15) is 47.2 Å². The van der Waals surface area contributed by atoms with Crippen LogP contribution < -0.4 is 0 Å². The summed E-state index contributed by atoms with van der Waals surface area (Å²) in [6.45, 7) is 4.78. The summed E-state index contributed by atoms with van der Waals surface area (Å²) in [4.78, 5) is 7.84. The Balaban J connectivity index is 1.08. The predicted octanol–water partition coefficient (Wildman–Crippen LogP) is 13.6. The van der Waals surface area contributed by atoms with E-state index in [-0.39, 0.29) is 5.41 Å². The maximum atomic E-state index is 5.20. The molecule has 0 fully saturated rings. The number of pyridine rings is 1. The van der Waals surface area contributed by atoms with Crippen LogP contribution in [0, 0.1) is 0 Å². The van der Waals surface area contributed by atoms with Crippen LogP contribution in [0.3, 0.4) is 0 Å². The Kier molecular flexibility index (Phi) is 6.58. The van der Waals surface area contributed by atoms with E-state index in [1.165, 1.54) is 81.7 Å². The van der Waals surface area contributed by atoms with Crippen molar-refractivity contribution in [1.82, 2.24) is 9.38 Å². The SMILES string of the molecule is CC1(C)c2ccccc2C2(c3ccccc3Sc3c(-c4cccc(-c5ccc6c7ccccc7n7c8ccccc8nc7c6c5)c4)cccc32)c2ccccc21. The van der Waals surface area contributed by atoms with E-state index in [1.807, 2.05) is 11.8 Å². The highest BCUT2D eigenvalue weighted by Gasteiger charge is 2.52. The van der Waals surface area contributed by atoms with Crippen molar-refractivity contribution in [2.45, 2.75) is 34.5 Å². The van der Waals surface area contributed by atoms with Crippen molar-refractivity contribution >= 4 is 50.1 Å². The minimum atomic E-state index is -0.451. The number of hydrogen-bond donors (Lipinski definition) is 0. The zero-order valence-electron chi connectivity index (χ0n) is 31.1. The van der Waals surface area contributed by atoms with E-state index in [4.69, 9.17) is 4.98 Å². The summed E-state index contributed by atoms with van der Waals surface area (Å²) >= 11 is 1.92. The minimum absolute atomic E-state index is 0.134. The molecule has 264 valence electrons. The lowest BCUT2D eigenvalue weighted by Gasteiger charge is -2.50. The molecule has 0 N–H and O–H groups in total. The van der Waals surface area contributed by atoms with Crippen LogP contribution in [0.25, 0.3) is 60.6 Å². The Morgan fingerprint density at radius 3 is 1.86 bits per heavy atom. The van der Waals surface area contributed by atoms with Gasteiger partial charge in [-0.25, -0.2) is 4.98 Å². The van der Waals surface area contributed by atoms with Crippen molar-refractivity contribution in [2.75, 3.05) is 0 Å². The van der Waals surface area contributed by atoms with Crippen molar-refractivity contribution in [1.29, 1.82) is 0 Å². The maximum absolute atomic E-state index is 5.20. The number of rotatable bonds is 2. The fraction of sp³-hybridized carbons (Fsp3) is 0.0755. The lowest BCUT2D eigenvalue weighted by molar-refractivity contribution is 0.549. The van der Waals surface area contributed by atoms with E-state index in [2.05, 4.69) is 200 Å². The van der Waals surface area contributed by atoms with Gasteiger partial charge in [0.15, 0.2) is 0 Å². The summed E-state index contributed by atoms with van der Waals surface area (Å²) in [7, 11) is 0. The highest BCUT2D eigenvalue weighted by molar-refractivity contribution is 7.99. The first-order chi connectivity index (χ1) is 27.5. The van der Waals surface area contributed by atoms with Gasteiger partial charge in [0.25, 0.3) is 0 Å². The topological polar surface area (TPSA) is 17.3 Å². The van der Waals surface area contributed by atoms with Crippen LogP contribution >= 0.6 is 11.8 Å². The molecule has 2 aliphatic rings. The molecule has 10 aromatic rings. The second-order valence-corrected chi connectivity index (χ2v) is 16.9. The Morgan fingerprint density at radius 1 is 0.446 bits per heavy atom. The summed E-state index contributed by atoms with van der Waals surface area (Å²) in [6, 6.07) is 67.7. The van der Waals surface area contributed by atoms with Crippen LogP contribution in [0.5, 0.6) is 0 Å². The molecular formula is C53H36N2S. The molecule has 0 saturated carbocycles. The van der Waals surface area contributed by atoms with Gasteiger partial charge >= 0.3 is 0 Å². The van der Waals surface area contributed by atoms with Gasteiger partial charge in [-0.15, -0.1) is 0 Å². The standard InChI is InChI=1S/C53H36N2S/c1-52(2)40-19-4-6-21-42(40)53(43-22-7-5-20-41(43)52)44-23-8-12-28-49(44)56-50-36(18-14-24-45(50)53)35-16-13-15-33(31-35)34-29-30-37-38-17-3-10-26-47(38)55-48-27-11-9-25-46(48)54-51(55)39(37)32-34/h3-32H,1-2H3. The molecule has 0 unspecified atom stereocenters. The molecule has 2 nitrogen and oxygen atoms in total. The molecule has 3 heterocycles. The summed E-state index contributed by atoms with van der Waals surface area (Å²) in [6.07, 6.45) is 0. The average Bonchev–Trinajstić information content (AvgIpc) is 3.65. The molecule has 8 aromatic carbocycles. The Morgan fingerprint density at radius 2 is 1.05 bits per heavy atom. The molecule has 0 bridgehead atoms. The van der Waals surface area contributed by atoms with Crippen LogP contribution in [-0.2, 0) is 10.8 Å². The number of aromatic nitrogens is 2. The summed E-state index contributed by atoms with van der Waals surface area (Å²) in [5.74, 6) is 0. The van der Waals surface area contributed by atoms with Gasteiger partial charge < -0.3 is 0 Å². The Hall–Kier alpha value is -6.42. The van der Waals surface area contributed by atoms with E-state index in [0.717, 1.165) is 22.1 Å². The van der Waals surface area contributed by atoms with E-state index in [0.29, 0.717) is 0 Å². The second-order valence-electron chi connectivity index (χ2n) is 15.9. The smallest absolute Gasteiger partial charge is 0.146 e. The number of benzene rings is 8. The number of para-hydroxylation sites is 3. The number of hydrogen-bond acceptors (Lipinski definition) is 2. The molecule has 2 aromatic heterocycles. The molecule has 0 radical (unpaired) electrons. The summed E-state index contributed by atoms with van der Waals surface area (Å²) in [5, 5.41) is 3.61. The summed E-state index contributed by atoms with van der Waals surface area (Å²) < 4.78 is 2.33. The maximum Gasteiger partial charge on any atom is 0.146 e. The van der Waals surface area contributed by atoms with Crippen molar-refractivity contribution < 1.29 is 0 Å². The zero-order valence-corrected chi connectivity index (χ0v) is 31.9. The quantitative estimate of drug-likeness (QED) is 0.165. The molecule has 1 aliphatic heterocycles. The number of nitrogens with zero attached hydrogens (tertiary/aromatic N) is 2. The molecule has 0 saturated heterocycles. The first-order valence-corrected chi connectivity index (χ1v) is 20.3. The van der Waals surface area contributed by atoms with Crippen LogP contribution in [-0.4, -0.2) is 9.38 Å². The third-order valence-electron chi connectivity index (χ3n) is 12.7. The van der Waals surface area contributed by atoms with E-state index < -0.39 is 5.41 Å². The van der Waals surface area contributed by atoms with Gasteiger partial charge in [0, 0.05) is 26.0 Å². The number of imidazole rings is 1. The first kappa shape index (κ1) is 31.9. The fourth-order valence-corrected chi connectivity index (χ4v) is 11.6. The molecule has 1 spiro atoms. The number of fused-ring (bicyclic) bond motifs is 16. The van der Waals surface area contributed by atoms with Crippen LogP contribution in [0.15, 0.2) is 192 Å². The highest BCUT2D eigenvalue weighted by Crippen LogP contribution is 2.62. The van der Waals surface area contributed by atoms with Gasteiger partial charge in [-0.3, -0.25) is 4.40 Å². The molecule has 0 amide bonds. The largest absolute Gasteiger partial charge is 0.292 e. The van der Waals surface area contributed by atoms with Gasteiger partial charge in [0.2, 0.25) is 0 Å². The molecule has 12 rings (SSSR count). The molecular weight excluding hydrogens is 697 g/mol. The average molecular weight is 733 g/mol. The van der Waals surface area contributed by atoms with Crippen molar-refractivity contribution in [3.8, 4) is 22.3 Å². The lowest BCUT2D eigenvalue weighted by atomic mass is 9.54. The van der Waals surface area contributed by atoms with Gasteiger partial charge in [-0.05, 0) is 97.4 Å². The fourth-order valence-electron chi connectivity index (χ4n) is 10.2. The second kappa shape index (κ2) is 11.6. The molecule has 56 heavy (non-hydrogen) atoms. The predicted molar refractivity (Wildman–Crippen MR) is 233 cm³/mol. The van der Waals surface area contributed by atoms with Gasteiger partial charge in [-0.1, -0.05) is 171 Å².